The normalized spacial score (nSPS) is 20.0. The van der Waals surface area contributed by atoms with Gasteiger partial charge in [-0.25, -0.2) is 4.39 Å². The van der Waals surface area contributed by atoms with E-state index in [1.54, 1.807) is 12.1 Å². The van der Waals surface area contributed by atoms with Gasteiger partial charge in [0.05, 0.1) is 0 Å². The minimum absolute atomic E-state index is 0.00271. The number of hydrogen-bond donors (Lipinski definition) is 2. The van der Waals surface area contributed by atoms with E-state index in [1.165, 1.54) is 12.1 Å². The van der Waals surface area contributed by atoms with Crippen molar-refractivity contribution in [3.05, 3.63) is 35.6 Å². The maximum Gasteiger partial charge on any atom is 0.223 e. The summed E-state index contributed by atoms with van der Waals surface area (Å²) >= 11 is 0. The molecule has 2 rings (SSSR count). The molecule has 1 aromatic carbocycles. The standard InChI is InChI=1S/C21H31FN2O2/c1-15(2)11-13-23-20(25)17-5-7-18(8-6-17)21(26)24-14-12-16-3-9-19(22)10-4-16/h3-4,9-10,15,17-18H,5-8,11-14H2,1-2H3,(H,23,25)(H,24,26). The summed E-state index contributed by atoms with van der Waals surface area (Å²) in [6.07, 6.45) is 4.79. The smallest absolute Gasteiger partial charge is 0.223 e. The average Bonchev–Trinajstić information content (AvgIpc) is 2.63. The Kier molecular flexibility index (Phi) is 8.07. The highest BCUT2D eigenvalue weighted by atomic mass is 19.1. The van der Waals surface area contributed by atoms with Crippen molar-refractivity contribution in [3.63, 3.8) is 0 Å². The second-order valence-electron chi connectivity index (χ2n) is 7.69. The zero-order valence-electron chi connectivity index (χ0n) is 15.9. The summed E-state index contributed by atoms with van der Waals surface area (Å²) < 4.78 is 12.9. The van der Waals surface area contributed by atoms with E-state index in [2.05, 4.69) is 24.5 Å². The number of halogens is 1. The number of rotatable bonds is 8. The molecule has 1 fully saturated rings. The largest absolute Gasteiger partial charge is 0.356 e. The predicted octanol–water partition coefficient (Wildman–Crippen LogP) is 3.45. The van der Waals surface area contributed by atoms with E-state index in [9.17, 15) is 14.0 Å². The van der Waals surface area contributed by atoms with Crippen molar-refractivity contribution in [2.45, 2.75) is 52.4 Å². The van der Waals surface area contributed by atoms with E-state index in [0.29, 0.717) is 18.9 Å². The van der Waals surface area contributed by atoms with Crippen LogP contribution in [0, 0.1) is 23.6 Å². The third kappa shape index (κ3) is 6.77. The van der Waals surface area contributed by atoms with Crippen LogP contribution < -0.4 is 10.6 Å². The summed E-state index contributed by atoms with van der Waals surface area (Å²) in [6.45, 7) is 5.58. The SMILES string of the molecule is CC(C)CCNC(=O)C1CCC(C(=O)NCCc2ccc(F)cc2)CC1. The maximum atomic E-state index is 12.9. The van der Waals surface area contributed by atoms with E-state index >= 15 is 0 Å². The molecule has 0 bridgehead atoms. The molecule has 4 nitrogen and oxygen atoms in total. The molecule has 26 heavy (non-hydrogen) atoms. The molecule has 1 saturated carbocycles. The Balaban J connectivity index is 1.64. The van der Waals surface area contributed by atoms with Gasteiger partial charge in [-0.3, -0.25) is 9.59 Å². The Morgan fingerprint density at radius 2 is 1.46 bits per heavy atom. The van der Waals surface area contributed by atoms with E-state index < -0.39 is 0 Å². The Hall–Kier alpha value is -1.91. The van der Waals surface area contributed by atoms with Gasteiger partial charge in [0, 0.05) is 24.9 Å². The number of carbonyl (C=O) groups is 2. The molecule has 2 N–H and O–H groups in total. The molecule has 5 heteroatoms. The lowest BCUT2D eigenvalue weighted by Gasteiger charge is -2.27. The van der Waals surface area contributed by atoms with Crippen LogP contribution >= 0.6 is 0 Å². The lowest BCUT2D eigenvalue weighted by Crippen LogP contribution is -2.38. The highest BCUT2D eigenvalue weighted by Crippen LogP contribution is 2.29. The van der Waals surface area contributed by atoms with Gasteiger partial charge < -0.3 is 10.6 Å². The molecule has 0 radical (unpaired) electrons. The number of nitrogens with one attached hydrogen (secondary N) is 2. The number of amides is 2. The molecule has 1 aliphatic rings. The molecule has 0 saturated heterocycles. The zero-order valence-corrected chi connectivity index (χ0v) is 15.9. The molecule has 2 amide bonds. The van der Waals surface area contributed by atoms with Crippen LogP contribution in [0.5, 0.6) is 0 Å². The Bertz CT molecular complexity index is 578. The van der Waals surface area contributed by atoms with Gasteiger partial charge in [0.15, 0.2) is 0 Å². The third-order valence-corrected chi connectivity index (χ3v) is 5.12. The number of benzene rings is 1. The van der Waals surface area contributed by atoms with Crippen LogP contribution in [-0.2, 0) is 16.0 Å². The molecule has 144 valence electrons. The molecule has 0 aromatic heterocycles. The highest BCUT2D eigenvalue weighted by Gasteiger charge is 2.29. The topological polar surface area (TPSA) is 58.2 Å². The summed E-state index contributed by atoms with van der Waals surface area (Å²) in [4.78, 5) is 24.5. The molecule has 0 atom stereocenters. The average molecular weight is 362 g/mol. The van der Waals surface area contributed by atoms with Crippen molar-refractivity contribution in [1.29, 1.82) is 0 Å². The van der Waals surface area contributed by atoms with Crippen molar-refractivity contribution in [2.24, 2.45) is 17.8 Å². The minimum Gasteiger partial charge on any atom is -0.356 e. The molecule has 0 aliphatic heterocycles. The van der Waals surface area contributed by atoms with Gasteiger partial charge in [0.2, 0.25) is 11.8 Å². The molecule has 1 aliphatic carbocycles. The number of carbonyl (C=O) groups excluding carboxylic acids is 2. The number of hydrogen-bond acceptors (Lipinski definition) is 2. The first-order valence-corrected chi connectivity index (χ1v) is 9.75. The van der Waals surface area contributed by atoms with Crippen molar-refractivity contribution in [3.8, 4) is 0 Å². The van der Waals surface area contributed by atoms with Crippen LogP contribution in [0.1, 0.15) is 51.5 Å². The first kappa shape index (κ1) is 20.4. The quantitative estimate of drug-likeness (QED) is 0.744. The second kappa shape index (κ2) is 10.3. The lowest BCUT2D eigenvalue weighted by atomic mass is 9.81. The van der Waals surface area contributed by atoms with Crippen LogP contribution in [0.4, 0.5) is 4.39 Å². The van der Waals surface area contributed by atoms with Crippen LogP contribution in [0.3, 0.4) is 0 Å². The van der Waals surface area contributed by atoms with Gasteiger partial charge in [-0.15, -0.1) is 0 Å². The van der Waals surface area contributed by atoms with Crippen molar-refractivity contribution >= 4 is 11.8 Å². The molecule has 0 unspecified atom stereocenters. The maximum absolute atomic E-state index is 12.9. The molecule has 0 heterocycles. The Morgan fingerprint density at radius 1 is 0.962 bits per heavy atom. The van der Waals surface area contributed by atoms with Gasteiger partial charge >= 0.3 is 0 Å². The first-order chi connectivity index (χ1) is 12.5. The molecular formula is C21H31FN2O2. The second-order valence-corrected chi connectivity index (χ2v) is 7.69. The van der Waals surface area contributed by atoms with E-state index in [1.807, 2.05) is 0 Å². The van der Waals surface area contributed by atoms with E-state index in [4.69, 9.17) is 0 Å². The van der Waals surface area contributed by atoms with Gasteiger partial charge in [-0.2, -0.15) is 0 Å². The molecule has 1 aromatic rings. The summed E-state index contributed by atoms with van der Waals surface area (Å²) in [6, 6.07) is 6.35. The van der Waals surface area contributed by atoms with Crippen molar-refractivity contribution in [2.75, 3.05) is 13.1 Å². The van der Waals surface area contributed by atoms with Gasteiger partial charge in [-0.1, -0.05) is 26.0 Å². The lowest BCUT2D eigenvalue weighted by molar-refractivity contribution is -0.130. The van der Waals surface area contributed by atoms with Crippen molar-refractivity contribution in [1.82, 2.24) is 10.6 Å². The fourth-order valence-electron chi connectivity index (χ4n) is 3.37. The highest BCUT2D eigenvalue weighted by molar-refractivity contribution is 5.81. The Morgan fingerprint density at radius 3 is 1.96 bits per heavy atom. The zero-order chi connectivity index (χ0) is 18.9. The summed E-state index contributed by atoms with van der Waals surface area (Å²) in [5, 5.41) is 5.99. The van der Waals surface area contributed by atoms with E-state index in [-0.39, 0.29) is 29.5 Å². The third-order valence-electron chi connectivity index (χ3n) is 5.12. The van der Waals surface area contributed by atoms with Crippen molar-refractivity contribution < 1.29 is 14.0 Å². The van der Waals surface area contributed by atoms with Crippen LogP contribution in [0.25, 0.3) is 0 Å². The minimum atomic E-state index is -0.247. The van der Waals surface area contributed by atoms with Gasteiger partial charge in [0.1, 0.15) is 5.82 Å². The summed E-state index contributed by atoms with van der Waals surface area (Å²) in [5.41, 5.74) is 1.01. The van der Waals surface area contributed by atoms with Crippen LogP contribution in [0.15, 0.2) is 24.3 Å². The summed E-state index contributed by atoms with van der Waals surface area (Å²) in [7, 11) is 0. The summed E-state index contributed by atoms with van der Waals surface area (Å²) in [5.74, 6) is 0.604. The molecular weight excluding hydrogens is 331 g/mol. The van der Waals surface area contributed by atoms with Crippen LogP contribution in [-0.4, -0.2) is 24.9 Å². The van der Waals surface area contributed by atoms with Gasteiger partial charge in [-0.05, 0) is 62.1 Å². The Labute approximate surface area is 155 Å². The van der Waals surface area contributed by atoms with Gasteiger partial charge in [0.25, 0.3) is 0 Å². The van der Waals surface area contributed by atoms with Crippen LogP contribution in [0.2, 0.25) is 0 Å². The monoisotopic (exact) mass is 362 g/mol. The first-order valence-electron chi connectivity index (χ1n) is 9.75. The fraction of sp³-hybridized carbons (Fsp3) is 0.619. The molecule has 0 spiro atoms. The predicted molar refractivity (Wildman–Crippen MR) is 101 cm³/mol. The van der Waals surface area contributed by atoms with E-state index in [0.717, 1.165) is 44.2 Å². The fourth-order valence-corrected chi connectivity index (χ4v) is 3.37.